The van der Waals surface area contributed by atoms with Gasteiger partial charge in [-0.15, -0.1) is 11.3 Å². The molecule has 0 spiro atoms. The van der Waals surface area contributed by atoms with E-state index < -0.39 is 0 Å². The predicted molar refractivity (Wildman–Crippen MR) is 104 cm³/mol. The molecule has 1 aliphatic rings. The van der Waals surface area contributed by atoms with Crippen LogP contribution in [0.5, 0.6) is 0 Å². The van der Waals surface area contributed by atoms with Crippen LogP contribution in [0.1, 0.15) is 29.1 Å². The minimum absolute atomic E-state index is 0.0531. The van der Waals surface area contributed by atoms with Crippen LogP contribution in [0.3, 0.4) is 0 Å². The van der Waals surface area contributed by atoms with Crippen molar-refractivity contribution < 1.29 is 9.53 Å². The fourth-order valence-electron chi connectivity index (χ4n) is 2.76. The molecule has 1 amide bonds. The molecule has 0 aromatic carbocycles. The molecule has 0 unspecified atom stereocenters. The molecule has 2 aromatic rings. The Bertz CT molecular complexity index is 886. The summed E-state index contributed by atoms with van der Waals surface area (Å²) in [6.07, 6.45) is 2.17. The van der Waals surface area contributed by atoms with Crippen LogP contribution in [0.4, 0.5) is 0 Å². The molecule has 0 aliphatic carbocycles. The van der Waals surface area contributed by atoms with E-state index in [-0.39, 0.29) is 24.0 Å². The third-order valence-electron chi connectivity index (χ3n) is 4.25. The Hall–Kier alpha value is -2.04. The number of carbonyl (C=O) groups excluding carboxylic acids is 1. The van der Waals surface area contributed by atoms with Crippen LogP contribution in [-0.2, 0) is 16.0 Å². The van der Waals surface area contributed by atoms with E-state index in [9.17, 15) is 9.59 Å². The second kappa shape index (κ2) is 8.11. The first kappa shape index (κ1) is 18.7. The number of aryl methyl sites for hydroxylation is 2. The highest BCUT2D eigenvalue weighted by atomic mass is 32.1. The number of thiophene rings is 1. The number of hydrogen-bond donors (Lipinski definition) is 4. The van der Waals surface area contributed by atoms with Gasteiger partial charge in [-0.3, -0.25) is 20.4 Å². The van der Waals surface area contributed by atoms with Crippen LogP contribution in [0.25, 0.3) is 10.2 Å². The molecule has 0 saturated carbocycles. The number of nitrogens with zero attached hydrogens (tertiary/aromatic N) is 1. The molecular formula is C16H21N5O3S2. The molecule has 3 rings (SSSR count). The maximum atomic E-state index is 12.2. The van der Waals surface area contributed by atoms with Crippen LogP contribution in [0.2, 0.25) is 0 Å². The average molecular weight is 396 g/mol. The number of nitrogens with one attached hydrogen (secondary N) is 4. The largest absolute Gasteiger partial charge is 0.376 e. The van der Waals surface area contributed by atoms with E-state index in [1.807, 2.05) is 13.8 Å². The zero-order valence-electron chi connectivity index (χ0n) is 14.6. The first-order valence-corrected chi connectivity index (χ1v) is 9.59. The Labute approximate surface area is 159 Å². The minimum atomic E-state index is -0.348. The highest BCUT2D eigenvalue weighted by Gasteiger charge is 2.16. The highest BCUT2D eigenvalue weighted by molar-refractivity contribution is 7.80. The van der Waals surface area contributed by atoms with Gasteiger partial charge in [0.25, 0.3) is 5.56 Å². The summed E-state index contributed by atoms with van der Waals surface area (Å²) in [6, 6.07) is 0. The fourth-order valence-corrected chi connectivity index (χ4v) is 3.94. The van der Waals surface area contributed by atoms with E-state index in [0.29, 0.717) is 27.7 Å². The Kier molecular flexibility index (Phi) is 5.84. The highest BCUT2D eigenvalue weighted by Crippen LogP contribution is 2.25. The summed E-state index contributed by atoms with van der Waals surface area (Å²) >= 11 is 6.56. The molecule has 1 aliphatic heterocycles. The van der Waals surface area contributed by atoms with E-state index in [2.05, 4.69) is 26.1 Å². The third-order valence-corrected chi connectivity index (χ3v) is 5.59. The lowest BCUT2D eigenvalue weighted by Gasteiger charge is -2.14. The topological polar surface area (TPSA) is 108 Å². The molecule has 3 heterocycles. The molecule has 4 N–H and O–H groups in total. The van der Waals surface area contributed by atoms with Gasteiger partial charge in [0, 0.05) is 18.0 Å². The van der Waals surface area contributed by atoms with Gasteiger partial charge in [-0.2, -0.15) is 0 Å². The summed E-state index contributed by atoms with van der Waals surface area (Å²) in [5.41, 5.74) is 5.85. The van der Waals surface area contributed by atoms with E-state index in [4.69, 9.17) is 17.0 Å². The number of H-pyrrole nitrogens is 1. The van der Waals surface area contributed by atoms with Gasteiger partial charge in [0.1, 0.15) is 10.7 Å². The van der Waals surface area contributed by atoms with Crippen molar-refractivity contribution in [3.8, 4) is 0 Å². The van der Waals surface area contributed by atoms with Crippen LogP contribution < -0.4 is 21.7 Å². The van der Waals surface area contributed by atoms with Crippen molar-refractivity contribution in [1.82, 2.24) is 26.1 Å². The summed E-state index contributed by atoms with van der Waals surface area (Å²) in [5.74, 6) is -0.0277. The number of thiocarbonyl (C=S) groups is 1. The van der Waals surface area contributed by atoms with E-state index >= 15 is 0 Å². The van der Waals surface area contributed by atoms with Crippen LogP contribution in [0.15, 0.2) is 4.79 Å². The predicted octanol–water partition coefficient (Wildman–Crippen LogP) is 0.818. The number of aromatic amines is 1. The maximum absolute atomic E-state index is 12.2. The summed E-state index contributed by atoms with van der Waals surface area (Å²) in [5, 5.41) is 3.90. The number of hydrogen-bond acceptors (Lipinski definition) is 6. The van der Waals surface area contributed by atoms with Crippen LogP contribution in [-0.4, -0.2) is 40.2 Å². The van der Waals surface area contributed by atoms with Gasteiger partial charge < -0.3 is 15.0 Å². The van der Waals surface area contributed by atoms with Crippen molar-refractivity contribution >= 4 is 44.8 Å². The number of rotatable bonds is 4. The molecule has 1 saturated heterocycles. The Morgan fingerprint density at radius 3 is 2.96 bits per heavy atom. The monoisotopic (exact) mass is 395 g/mol. The van der Waals surface area contributed by atoms with Gasteiger partial charge in [0.15, 0.2) is 5.11 Å². The van der Waals surface area contributed by atoms with Crippen molar-refractivity contribution in [2.45, 2.75) is 39.2 Å². The Morgan fingerprint density at radius 1 is 1.42 bits per heavy atom. The van der Waals surface area contributed by atoms with Crippen molar-refractivity contribution in [2.75, 3.05) is 13.2 Å². The molecule has 140 valence electrons. The first-order valence-electron chi connectivity index (χ1n) is 8.37. The lowest BCUT2D eigenvalue weighted by atomic mass is 10.2. The molecule has 10 heteroatoms. The van der Waals surface area contributed by atoms with Crippen molar-refractivity contribution in [3.05, 3.63) is 26.6 Å². The lowest BCUT2D eigenvalue weighted by Crippen LogP contribution is -2.48. The molecule has 0 radical (unpaired) electrons. The summed E-state index contributed by atoms with van der Waals surface area (Å²) < 4.78 is 5.49. The van der Waals surface area contributed by atoms with E-state index in [1.54, 1.807) is 0 Å². The second-order valence-corrected chi connectivity index (χ2v) is 7.78. The SMILES string of the molecule is Cc1sc2nc(CC(=O)NNC(=S)NC[C@H]3CCCO3)[nH]c(=O)c2c1C. The van der Waals surface area contributed by atoms with Gasteiger partial charge >= 0.3 is 0 Å². The summed E-state index contributed by atoms with van der Waals surface area (Å²) in [7, 11) is 0. The normalized spacial score (nSPS) is 16.6. The van der Waals surface area contributed by atoms with Gasteiger partial charge in [-0.05, 0) is 44.5 Å². The van der Waals surface area contributed by atoms with Crippen LogP contribution in [0, 0.1) is 13.8 Å². The molecular weight excluding hydrogens is 374 g/mol. The van der Waals surface area contributed by atoms with Crippen molar-refractivity contribution in [3.63, 3.8) is 0 Å². The minimum Gasteiger partial charge on any atom is -0.376 e. The molecule has 1 atom stereocenters. The van der Waals surface area contributed by atoms with Gasteiger partial charge in [0.05, 0.1) is 17.9 Å². The van der Waals surface area contributed by atoms with Crippen molar-refractivity contribution in [2.24, 2.45) is 0 Å². The molecule has 8 nitrogen and oxygen atoms in total. The Morgan fingerprint density at radius 2 is 2.23 bits per heavy atom. The second-order valence-electron chi connectivity index (χ2n) is 6.17. The summed E-state index contributed by atoms with van der Waals surface area (Å²) in [4.78, 5) is 33.0. The molecule has 1 fully saturated rings. The number of ether oxygens (including phenoxy) is 1. The summed E-state index contributed by atoms with van der Waals surface area (Å²) in [6.45, 7) is 5.22. The van der Waals surface area contributed by atoms with Crippen LogP contribution >= 0.6 is 23.6 Å². The quantitative estimate of drug-likeness (QED) is 0.448. The standard InChI is InChI=1S/C16H21N5O3S2/c1-8-9(2)26-15-13(8)14(23)18-11(19-15)6-12(22)20-21-16(25)17-7-10-4-3-5-24-10/h10H,3-7H2,1-2H3,(H,20,22)(H2,17,21,25)(H,18,19,23)/t10-/m1/s1. The third kappa shape index (κ3) is 4.37. The van der Waals surface area contributed by atoms with Crippen molar-refractivity contribution in [1.29, 1.82) is 0 Å². The maximum Gasteiger partial charge on any atom is 0.259 e. The van der Waals surface area contributed by atoms with Gasteiger partial charge in [-0.1, -0.05) is 0 Å². The Balaban J connectivity index is 1.52. The fraction of sp³-hybridized carbons (Fsp3) is 0.500. The molecule has 0 bridgehead atoms. The number of carbonyl (C=O) groups is 1. The van der Waals surface area contributed by atoms with E-state index in [0.717, 1.165) is 29.9 Å². The smallest absolute Gasteiger partial charge is 0.259 e. The van der Waals surface area contributed by atoms with Gasteiger partial charge in [-0.25, -0.2) is 4.98 Å². The zero-order chi connectivity index (χ0) is 18.7. The molecule has 2 aromatic heterocycles. The first-order chi connectivity index (χ1) is 12.4. The lowest BCUT2D eigenvalue weighted by molar-refractivity contribution is -0.121. The number of amides is 1. The van der Waals surface area contributed by atoms with E-state index in [1.165, 1.54) is 11.3 Å². The average Bonchev–Trinajstić information content (AvgIpc) is 3.20. The number of aromatic nitrogens is 2. The number of hydrazine groups is 1. The van der Waals surface area contributed by atoms with Gasteiger partial charge in [0.2, 0.25) is 5.91 Å². The number of fused-ring (bicyclic) bond motifs is 1. The molecule has 26 heavy (non-hydrogen) atoms. The zero-order valence-corrected chi connectivity index (χ0v) is 16.2.